The van der Waals surface area contributed by atoms with Gasteiger partial charge in [0.05, 0.1) is 16.4 Å². The summed E-state index contributed by atoms with van der Waals surface area (Å²) in [6.45, 7) is 8.75. The summed E-state index contributed by atoms with van der Waals surface area (Å²) in [6, 6.07) is 12.9. The van der Waals surface area contributed by atoms with Crippen LogP contribution in [-0.4, -0.2) is 58.2 Å². The molecule has 2 aliphatic carbocycles. The lowest BCUT2D eigenvalue weighted by Gasteiger charge is -2.45. The Kier molecular flexibility index (Phi) is 10.8. The van der Waals surface area contributed by atoms with Gasteiger partial charge in [0.25, 0.3) is 5.91 Å². The molecule has 2 bridgehead atoms. The molecule has 4 atom stereocenters. The number of carbonyl (C=O) groups is 1. The van der Waals surface area contributed by atoms with Crippen LogP contribution in [0.1, 0.15) is 87.2 Å². The van der Waals surface area contributed by atoms with E-state index < -0.39 is 0 Å². The first-order chi connectivity index (χ1) is 21.8. The second-order valence-electron chi connectivity index (χ2n) is 13.7. The van der Waals surface area contributed by atoms with Crippen molar-refractivity contribution < 1.29 is 4.79 Å². The third-order valence-electron chi connectivity index (χ3n) is 10.9. The number of benzene rings is 2. The Morgan fingerprint density at radius 1 is 0.911 bits per heavy atom. The van der Waals surface area contributed by atoms with Crippen LogP contribution in [0.2, 0.25) is 15.1 Å². The molecule has 0 spiro atoms. The Labute approximate surface area is 284 Å². The summed E-state index contributed by atoms with van der Waals surface area (Å²) in [7, 11) is 0. The van der Waals surface area contributed by atoms with Crippen LogP contribution in [0.3, 0.4) is 0 Å². The first-order valence-corrected chi connectivity index (χ1v) is 18.3. The first kappa shape index (κ1) is 32.9. The molecule has 45 heavy (non-hydrogen) atoms. The van der Waals surface area contributed by atoms with Gasteiger partial charge in [-0.2, -0.15) is 5.10 Å². The van der Waals surface area contributed by atoms with Crippen molar-refractivity contribution >= 4 is 40.7 Å². The average Bonchev–Trinajstić information content (AvgIpc) is 3.38. The molecule has 3 aliphatic rings. The molecule has 1 saturated heterocycles. The molecule has 4 unspecified atom stereocenters. The van der Waals surface area contributed by atoms with Crippen molar-refractivity contribution in [2.45, 2.75) is 78.1 Å². The molecule has 0 N–H and O–H groups in total. The van der Waals surface area contributed by atoms with Gasteiger partial charge in [-0.1, -0.05) is 92.4 Å². The summed E-state index contributed by atoms with van der Waals surface area (Å²) in [5.74, 6) is 3.95. The van der Waals surface area contributed by atoms with Crippen LogP contribution in [0.4, 0.5) is 0 Å². The lowest BCUT2D eigenvalue weighted by atomic mass is 9.60. The predicted octanol–water partition coefficient (Wildman–Crippen LogP) is 9.98. The van der Waals surface area contributed by atoms with Gasteiger partial charge < -0.3 is 4.90 Å². The molecule has 2 heterocycles. The molecule has 3 fully saturated rings. The van der Waals surface area contributed by atoms with Crippen LogP contribution in [0.25, 0.3) is 16.9 Å². The summed E-state index contributed by atoms with van der Waals surface area (Å²) in [6.07, 6.45) is 14.2. The van der Waals surface area contributed by atoms with Crippen LogP contribution < -0.4 is 0 Å². The second-order valence-corrected chi connectivity index (χ2v) is 15.0. The molecule has 5 nitrogen and oxygen atoms in total. The number of hydrogen-bond donors (Lipinski definition) is 0. The minimum atomic E-state index is -0.0332. The topological polar surface area (TPSA) is 41.4 Å². The molecule has 1 aliphatic heterocycles. The van der Waals surface area contributed by atoms with E-state index in [1.165, 1.54) is 64.2 Å². The first-order valence-electron chi connectivity index (χ1n) is 17.1. The molecule has 2 saturated carbocycles. The number of halogens is 3. The van der Waals surface area contributed by atoms with Crippen LogP contribution in [0.15, 0.2) is 42.5 Å². The minimum absolute atomic E-state index is 0.0332. The van der Waals surface area contributed by atoms with Crippen molar-refractivity contribution in [2.24, 2.45) is 23.7 Å². The fraction of sp³-hybridized carbons (Fsp3) is 0.568. The summed E-state index contributed by atoms with van der Waals surface area (Å²) < 4.78 is 1.77. The van der Waals surface area contributed by atoms with Crippen LogP contribution >= 0.6 is 34.8 Å². The standard InChI is InChI=1S/C37H47Cl3N4O/c1-3-27-22-26-8-7-9-29(23-26)32(27)10-5-4-6-17-42-18-20-43(21-19-42)37(45)35-25(2)36(28-11-13-30(38)14-12-28)44(41-35)34-16-15-31(39)24-33(34)40/h11-16,24,26-27,29,32H,3-10,17-23H2,1-2H3. The Morgan fingerprint density at radius 2 is 1.67 bits per heavy atom. The number of unbranched alkanes of at least 4 members (excludes halogenated alkanes) is 2. The SMILES string of the molecule is CCC1CC2CCCC(C2)C1CCCCCN1CCN(C(=O)c2nn(-c3ccc(Cl)cc3Cl)c(-c3ccc(Cl)cc3)c2C)CC1. The van der Waals surface area contributed by atoms with Gasteiger partial charge in [0, 0.05) is 47.4 Å². The van der Waals surface area contributed by atoms with Gasteiger partial charge in [0.1, 0.15) is 0 Å². The van der Waals surface area contributed by atoms with Crippen molar-refractivity contribution in [3.05, 3.63) is 68.8 Å². The number of piperazine rings is 1. The Balaban J connectivity index is 1.05. The molecule has 2 aromatic carbocycles. The van der Waals surface area contributed by atoms with E-state index in [4.69, 9.17) is 39.9 Å². The lowest BCUT2D eigenvalue weighted by molar-refractivity contribution is 0.0526. The van der Waals surface area contributed by atoms with E-state index >= 15 is 0 Å². The van der Waals surface area contributed by atoms with Crippen molar-refractivity contribution in [2.75, 3.05) is 32.7 Å². The zero-order valence-corrected chi connectivity index (χ0v) is 29.1. The molecule has 3 aromatic rings. The number of carbonyl (C=O) groups excluding carboxylic acids is 1. The smallest absolute Gasteiger partial charge is 0.274 e. The van der Waals surface area contributed by atoms with Crippen molar-refractivity contribution in [1.29, 1.82) is 0 Å². The highest BCUT2D eigenvalue weighted by Gasteiger charge is 2.38. The molecular weight excluding hydrogens is 623 g/mol. The van der Waals surface area contributed by atoms with Gasteiger partial charge in [-0.15, -0.1) is 0 Å². The molecule has 6 rings (SSSR count). The van der Waals surface area contributed by atoms with Crippen molar-refractivity contribution in [1.82, 2.24) is 19.6 Å². The zero-order valence-electron chi connectivity index (χ0n) is 26.8. The summed E-state index contributed by atoms with van der Waals surface area (Å²) in [5, 5.41) is 6.52. The quantitative estimate of drug-likeness (QED) is 0.202. The summed E-state index contributed by atoms with van der Waals surface area (Å²) >= 11 is 19.0. The van der Waals surface area contributed by atoms with E-state index in [-0.39, 0.29) is 5.91 Å². The maximum Gasteiger partial charge on any atom is 0.274 e. The average molecular weight is 670 g/mol. The fourth-order valence-electron chi connectivity index (χ4n) is 8.55. The third kappa shape index (κ3) is 7.43. The van der Waals surface area contributed by atoms with Crippen LogP contribution in [0.5, 0.6) is 0 Å². The molecule has 1 aromatic heterocycles. The van der Waals surface area contributed by atoms with Gasteiger partial charge in [-0.25, -0.2) is 4.68 Å². The van der Waals surface area contributed by atoms with E-state index in [0.29, 0.717) is 39.5 Å². The Morgan fingerprint density at radius 3 is 2.40 bits per heavy atom. The van der Waals surface area contributed by atoms with E-state index in [9.17, 15) is 4.79 Å². The maximum atomic E-state index is 13.9. The highest BCUT2D eigenvalue weighted by atomic mass is 35.5. The van der Waals surface area contributed by atoms with Crippen molar-refractivity contribution in [3.8, 4) is 16.9 Å². The largest absolute Gasteiger partial charge is 0.335 e. The van der Waals surface area contributed by atoms with Crippen molar-refractivity contribution in [3.63, 3.8) is 0 Å². The van der Waals surface area contributed by atoms with E-state index in [1.807, 2.05) is 42.2 Å². The number of rotatable bonds is 10. The predicted molar refractivity (Wildman–Crippen MR) is 187 cm³/mol. The van der Waals surface area contributed by atoms with Crippen LogP contribution in [-0.2, 0) is 0 Å². The van der Waals surface area contributed by atoms with Gasteiger partial charge in [-0.3, -0.25) is 9.69 Å². The molecule has 0 radical (unpaired) electrons. The molecule has 242 valence electrons. The van der Waals surface area contributed by atoms with Gasteiger partial charge in [0.15, 0.2) is 5.69 Å². The Hall–Kier alpha value is -2.05. The Bertz CT molecular complexity index is 1460. The van der Waals surface area contributed by atoms with Gasteiger partial charge in [0.2, 0.25) is 0 Å². The molecule has 8 heteroatoms. The number of hydrogen-bond acceptors (Lipinski definition) is 3. The van der Waals surface area contributed by atoms with Gasteiger partial charge >= 0.3 is 0 Å². The summed E-state index contributed by atoms with van der Waals surface area (Å²) in [5.41, 5.74) is 3.69. The monoisotopic (exact) mass is 668 g/mol. The second kappa shape index (κ2) is 14.8. The van der Waals surface area contributed by atoms with Crippen LogP contribution in [0, 0.1) is 30.6 Å². The highest BCUT2D eigenvalue weighted by Crippen LogP contribution is 2.49. The maximum absolute atomic E-state index is 13.9. The highest BCUT2D eigenvalue weighted by molar-refractivity contribution is 6.35. The number of aromatic nitrogens is 2. The summed E-state index contributed by atoms with van der Waals surface area (Å²) in [4.78, 5) is 18.4. The molecule has 1 amide bonds. The lowest BCUT2D eigenvalue weighted by Crippen LogP contribution is -2.49. The molecular formula is C37H47Cl3N4O. The van der Waals surface area contributed by atoms with E-state index in [0.717, 1.165) is 60.1 Å². The normalized spacial score (nSPS) is 23.8. The third-order valence-corrected chi connectivity index (χ3v) is 11.7. The number of nitrogens with zero attached hydrogens (tertiary/aromatic N) is 4. The zero-order chi connectivity index (χ0) is 31.5. The number of amides is 1. The van der Waals surface area contributed by atoms with E-state index in [1.54, 1.807) is 16.8 Å². The fourth-order valence-corrected chi connectivity index (χ4v) is 9.17. The van der Waals surface area contributed by atoms with Gasteiger partial charge in [-0.05, 0) is 93.2 Å². The minimum Gasteiger partial charge on any atom is -0.335 e. The number of fused-ring (bicyclic) bond motifs is 2. The van der Waals surface area contributed by atoms with E-state index in [2.05, 4.69) is 11.8 Å².